The van der Waals surface area contributed by atoms with Crippen LogP contribution < -0.4 is 10.6 Å². The molecule has 0 spiro atoms. The van der Waals surface area contributed by atoms with Crippen molar-refractivity contribution >= 4 is 62.3 Å². The van der Waals surface area contributed by atoms with E-state index in [0.717, 1.165) is 4.70 Å². The van der Waals surface area contributed by atoms with E-state index in [2.05, 4.69) is 20.6 Å². The monoisotopic (exact) mass is 410 g/mol. The molecule has 0 unspecified atom stereocenters. The van der Waals surface area contributed by atoms with Crippen molar-refractivity contribution < 1.29 is 14.3 Å². The van der Waals surface area contributed by atoms with Crippen LogP contribution in [0, 0.1) is 0 Å². The van der Waals surface area contributed by atoms with Gasteiger partial charge in [-0.2, -0.15) is 0 Å². The first-order valence-corrected chi connectivity index (χ1v) is 10.0. The minimum Gasteiger partial charge on any atom is -0.448 e. The van der Waals surface area contributed by atoms with Gasteiger partial charge in [0.1, 0.15) is 12.3 Å². The number of alkyl carbamates (subject to hydrolysis) is 1. The molecule has 0 atom stereocenters. The van der Waals surface area contributed by atoms with Crippen molar-refractivity contribution in [3.8, 4) is 0 Å². The normalized spacial score (nSPS) is 10.7. The predicted molar refractivity (Wildman–Crippen MR) is 104 cm³/mol. The summed E-state index contributed by atoms with van der Waals surface area (Å²) < 4.78 is 5.56. The lowest BCUT2D eigenvalue weighted by molar-refractivity contribution is 0.103. The number of hydrogen-bond donors (Lipinski definition) is 2. The Morgan fingerprint density at radius 3 is 2.81 bits per heavy atom. The standard InChI is InChI=1S/C16H15ClN4O3S2/c17-4-7-24-16(23)19-6-5-18-15-20-10-3-9-26-14(10)12(21-15)13(22)11-2-1-8-25-11/h1-3,8-9H,4-7H2,(H,19,23)(H,18,20,21). The summed E-state index contributed by atoms with van der Waals surface area (Å²) in [4.78, 5) is 33.5. The minimum absolute atomic E-state index is 0.124. The molecule has 0 fully saturated rings. The first kappa shape index (κ1) is 18.6. The van der Waals surface area contributed by atoms with Gasteiger partial charge >= 0.3 is 6.09 Å². The van der Waals surface area contributed by atoms with Crippen molar-refractivity contribution in [3.63, 3.8) is 0 Å². The van der Waals surface area contributed by atoms with Crippen LogP contribution in [0.3, 0.4) is 0 Å². The van der Waals surface area contributed by atoms with E-state index >= 15 is 0 Å². The maximum atomic E-state index is 12.7. The lowest BCUT2D eigenvalue weighted by atomic mass is 10.2. The number of halogens is 1. The van der Waals surface area contributed by atoms with E-state index in [9.17, 15) is 9.59 Å². The van der Waals surface area contributed by atoms with Crippen LogP contribution in [0.4, 0.5) is 10.7 Å². The van der Waals surface area contributed by atoms with Gasteiger partial charge in [0.15, 0.2) is 0 Å². The number of alkyl halides is 1. The summed E-state index contributed by atoms with van der Waals surface area (Å²) in [6.45, 7) is 0.867. The van der Waals surface area contributed by atoms with Crippen LogP contribution in [0.25, 0.3) is 10.2 Å². The van der Waals surface area contributed by atoms with Crippen LogP contribution in [-0.4, -0.2) is 47.4 Å². The zero-order valence-electron chi connectivity index (χ0n) is 13.5. The van der Waals surface area contributed by atoms with Crippen LogP contribution in [0.5, 0.6) is 0 Å². The molecule has 3 aromatic heterocycles. The molecule has 0 saturated heterocycles. The third kappa shape index (κ3) is 4.48. The summed E-state index contributed by atoms with van der Waals surface area (Å²) in [6, 6.07) is 5.46. The lowest BCUT2D eigenvalue weighted by Crippen LogP contribution is -2.30. The van der Waals surface area contributed by atoms with Gasteiger partial charge in [0, 0.05) is 13.1 Å². The molecule has 0 aliphatic carbocycles. The van der Waals surface area contributed by atoms with E-state index in [1.54, 1.807) is 6.07 Å². The molecule has 0 radical (unpaired) electrons. The summed E-state index contributed by atoms with van der Waals surface area (Å²) >= 11 is 8.26. The van der Waals surface area contributed by atoms with Crippen molar-refractivity contribution in [2.75, 3.05) is 30.9 Å². The summed E-state index contributed by atoms with van der Waals surface area (Å²) in [5, 5.41) is 9.33. The Morgan fingerprint density at radius 2 is 2.04 bits per heavy atom. The Hall–Kier alpha value is -2.23. The number of nitrogens with one attached hydrogen (secondary N) is 2. The average Bonchev–Trinajstić information content (AvgIpc) is 3.33. The van der Waals surface area contributed by atoms with Gasteiger partial charge in [-0.15, -0.1) is 34.3 Å². The highest BCUT2D eigenvalue weighted by atomic mass is 35.5. The molecule has 26 heavy (non-hydrogen) atoms. The van der Waals surface area contributed by atoms with Crippen molar-refractivity contribution in [1.82, 2.24) is 15.3 Å². The Labute approximate surface area is 162 Å². The van der Waals surface area contributed by atoms with Gasteiger partial charge in [0.05, 0.1) is 21.0 Å². The second-order valence-corrected chi connectivity index (χ2v) is 7.26. The highest BCUT2D eigenvalue weighted by Crippen LogP contribution is 2.26. The molecular weight excluding hydrogens is 396 g/mol. The zero-order valence-corrected chi connectivity index (χ0v) is 15.9. The summed E-state index contributed by atoms with van der Waals surface area (Å²) in [5.74, 6) is 0.466. The number of anilines is 1. The SMILES string of the molecule is O=C(NCCNc1nc(C(=O)c2cccs2)c2sccc2n1)OCCCl. The molecule has 3 rings (SSSR count). The highest BCUT2D eigenvalue weighted by molar-refractivity contribution is 7.17. The molecule has 7 nitrogen and oxygen atoms in total. The number of carbonyl (C=O) groups is 2. The zero-order chi connectivity index (χ0) is 18.4. The van der Waals surface area contributed by atoms with Gasteiger partial charge in [-0.25, -0.2) is 14.8 Å². The van der Waals surface area contributed by atoms with Crippen molar-refractivity contribution in [3.05, 3.63) is 39.5 Å². The first-order valence-electron chi connectivity index (χ1n) is 7.73. The molecular formula is C16H15ClN4O3S2. The van der Waals surface area contributed by atoms with Crippen LogP contribution >= 0.6 is 34.3 Å². The Kier molecular flexibility index (Phi) is 6.37. The second-order valence-electron chi connectivity index (χ2n) is 5.02. The molecule has 136 valence electrons. The number of nitrogens with zero attached hydrogens (tertiary/aromatic N) is 2. The molecule has 2 N–H and O–H groups in total. The van der Waals surface area contributed by atoms with Gasteiger partial charge in [-0.1, -0.05) is 6.07 Å². The number of carbonyl (C=O) groups excluding carboxylic acids is 2. The number of hydrogen-bond acceptors (Lipinski definition) is 8. The first-order chi connectivity index (χ1) is 12.7. The van der Waals surface area contributed by atoms with Gasteiger partial charge in [0.2, 0.25) is 11.7 Å². The van der Waals surface area contributed by atoms with Gasteiger partial charge < -0.3 is 15.4 Å². The fourth-order valence-electron chi connectivity index (χ4n) is 2.14. The number of ketones is 1. The number of ether oxygens (including phenoxy) is 1. The van der Waals surface area contributed by atoms with E-state index in [0.29, 0.717) is 35.1 Å². The van der Waals surface area contributed by atoms with E-state index in [1.165, 1.54) is 22.7 Å². The van der Waals surface area contributed by atoms with E-state index in [4.69, 9.17) is 16.3 Å². The summed E-state index contributed by atoms with van der Waals surface area (Å²) in [6.07, 6.45) is -0.532. The Balaban J connectivity index is 1.68. The highest BCUT2D eigenvalue weighted by Gasteiger charge is 2.18. The number of thiophene rings is 2. The molecule has 10 heteroatoms. The van der Waals surface area contributed by atoms with E-state index in [1.807, 2.05) is 22.9 Å². The molecule has 0 aromatic carbocycles. The van der Waals surface area contributed by atoms with E-state index in [-0.39, 0.29) is 18.3 Å². The molecule has 1 amide bonds. The van der Waals surface area contributed by atoms with Crippen molar-refractivity contribution in [2.24, 2.45) is 0 Å². The fraction of sp³-hybridized carbons (Fsp3) is 0.250. The number of fused-ring (bicyclic) bond motifs is 1. The van der Waals surface area contributed by atoms with Crippen molar-refractivity contribution in [1.29, 1.82) is 0 Å². The predicted octanol–water partition coefficient (Wildman–Crippen LogP) is 3.36. The average molecular weight is 411 g/mol. The van der Waals surface area contributed by atoms with Crippen LogP contribution in [-0.2, 0) is 4.74 Å². The minimum atomic E-state index is -0.532. The van der Waals surface area contributed by atoms with Crippen LogP contribution in [0.15, 0.2) is 29.0 Å². The maximum Gasteiger partial charge on any atom is 0.407 e. The molecule has 0 aliphatic rings. The topological polar surface area (TPSA) is 93.2 Å². The molecule has 0 aliphatic heterocycles. The van der Waals surface area contributed by atoms with Gasteiger partial charge in [0.25, 0.3) is 0 Å². The Morgan fingerprint density at radius 1 is 1.15 bits per heavy atom. The number of amides is 1. The molecule has 3 heterocycles. The lowest BCUT2D eigenvalue weighted by Gasteiger charge is -2.08. The van der Waals surface area contributed by atoms with Crippen LogP contribution in [0.2, 0.25) is 0 Å². The van der Waals surface area contributed by atoms with Gasteiger partial charge in [-0.3, -0.25) is 4.79 Å². The number of rotatable bonds is 8. The molecule has 3 aromatic rings. The molecule has 0 saturated carbocycles. The summed E-state index contributed by atoms with van der Waals surface area (Å²) in [5.41, 5.74) is 1.09. The maximum absolute atomic E-state index is 12.7. The van der Waals surface area contributed by atoms with E-state index < -0.39 is 6.09 Å². The fourth-order valence-corrected chi connectivity index (χ4v) is 3.70. The quantitative estimate of drug-likeness (QED) is 0.336. The Bertz CT molecular complexity index is 898. The largest absolute Gasteiger partial charge is 0.448 e. The van der Waals surface area contributed by atoms with Crippen molar-refractivity contribution in [2.45, 2.75) is 0 Å². The summed E-state index contributed by atoms with van der Waals surface area (Å²) in [7, 11) is 0. The third-order valence-corrected chi connectivity index (χ3v) is 5.18. The van der Waals surface area contributed by atoms with Gasteiger partial charge in [-0.05, 0) is 22.9 Å². The smallest absolute Gasteiger partial charge is 0.407 e. The van der Waals surface area contributed by atoms with Crippen LogP contribution in [0.1, 0.15) is 15.4 Å². The third-order valence-electron chi connectivity index (χ3n) is 3.25. The number of aromatic nitrogens is 2. The molecule has 0 bridgehead atoms. The second kappa shape index (κ2) is 8.93.